The number of carbonyl (C=O) groups is 2. The molecule has 43 heavy (non-hydrogen) atoms. The molecule has 11 nitrogen and oxygen atoms in total. The fourth-order valence-electron chi connectivity index (χ4n) is 4.70. The summed E-state index contributed by atoms with van der Waals surface area (Å²) in [6.07, 6.45) is 0.608. The van der Waals surface area contributed by atoms with Gasteiger partial charge >= 0.3 is 6.03 Å². The van der Waals surface area contributed by atoms with E-state index in [1.165, 1.54) is 0 Å². The fourth-order valence-corrected chi connectivity index (χ4v) is 4.70. The Balaban J connectivity index is 1.25. The van der Waals surface area contributed by atoms with Crippen LogP contribution in [0.2, 0.25) is 0 Å². The van der Waals surface area contributed by atoms with Gasteiger partial charge in [-0.2, -0.15) is 0 Å². The maximum Gasteiger partial charge on any atom is 0.328 e. The SMILES string of the molecule is NC(=NCCN1CCOCC1)NC(=O)NC(N)=NCc1cccc(CNC(=O)C(Cc2ccccc2)c2ccccc2)c1. The van der Waals surface area contributed by atoms with Crippen LogP contribution in [0.5, 0.6) is 0 Å². The van der Waals surface area contributed by atoms with Crippen LogP contribution in [0.25, 0.3) is 0 Å². The van der Waals surface area contributed by atoms with Crippen molar-refractivity contribution in [2.75, 3.05) is 39.4 Å². The molecule has 1 aliphatic heterocycles. The molecule has 0 saturated carbocycles. The van der Waals surface area contributed by atoms with Crippen molar-refractivity contribution in [3.8, 4) is 0 Å². The lowest BCUT2D eigenvalue weighted by Gasteiger charge is -2.25. The second-order valence-electron chi connectivity index (χ2n) is 10.2. The van der Waals surface area contributed by atoms with Gasteiger partial charge in [0.2, 0.25) is 5.91 Å². The molecular formula is C32H40N8O3. The van der Waals surface area contributed by atoms with Crippen LogP contribution in [0, 0.1) is 0 Å². The van der Waals surface area contributed by atoms with Crippen LogP contribution in [0.1, 0.15) is 28.2 Å². The van der Waals surface area contributed by atoms with Crippen molar-refractivity contribution in [2.45, 2.75) is 25.4 Å². The average molecular weight is 585 g/mol. The fraction of sp³-hybridized carbons (Fsp3) is 0.312. The number of rotatable bonds is 11. The highest BCUT2D eigenvalue weighted by Gasteiger charge is 2.21. The standard InChI is InChI=1S/C32H40N8O3/c33-30(35-14-15-40-16-18-43-19-17-40)38-32(42)39-31(34)37-23-26-11-7-10-25(20-26)22-36-29(41)28(27-12-5-2-6-13-27)21-24-8-3-1-4-9-24/h1-13,20,28H,14-19,21-23H2,(H,36,41)(H6,33,34,35,37,38,39,42). The molecule has 4 rings (SSSR count). The summed E-state index contributed by atoms with van der Waals surface area (Å²) in [7, 11) is 0. The number of ether oxygens (including phenoxy) is 1. The molecule has 3 amide bonds. The van der Waals surface area contributed by atoms with Gasteiger partial charge in [0.25, 0.3) is 0 Å². The molecule has 0 spiro atoms. The minimum absolute atomic E-state index is 0.00609. The van der Waals surface area contributed by atoms with Gasteiger partial charge in [0, 0.05) is 26.2 Å². The number of guanidine groups is 2. The highest BCUT2D eigenvalue weighted by atomic mass is 16.5. The van der Waals surface area contributed by atoms with Gasteiger partial charge in [0.15, 0.2) is 11.9 Å². The first-order chi connectivity index (χ1) is 21.0. The Morgan fingerprint density at radius 3 is 2.16 bits per heavy atom. The molecule has 1 fully saturated rings. The molecular weight excluding hydrogens is 544 g/mol. The molecule has 3 aromatic rings. The first-order valence-electron chi connectivity index (χ1n) is 14.4. The number of urea groups is 1. The lowest BCUT2D eigenvalue weighted by molar-refractivity contribution is -0.122. The average Bonchev–Trinajstić information content (AvgIpc) is 3.03. The molecule has 0 radical (unpaired) electrons. The predicted octanol–water partition coefficient (Wildman–Crippen LogP) is 2.09. The number of amides is 3. The van der Waals surface area contributed by atoms with Crippen molar-refractivity contribution in [2.24, 2.45) is 21.5 Å². The van der Waals surface area contributed by atoms with Gasteiger partial charge in [0.05, 0.1) is 32.2 Å². The zero-order valence-corrected chi connectivity index (χ0v) is 24.2. The van der Waals surface area contributed by atoms with Gasteiger partial charge in [-0.3, -0.25) is 25.3 Å². The van der Waals surface area contributed by atoms with Crippen molar-refractivity contribution < 1.29 is 14.3 Å². The number of carbonyl (C=O) groups excluding carboxylic acids is 2. The van der Waals surface area contributed by atoms with Gasteiger partial charge < -0.3 is 21.5 Å². The van der Waals surface area contributed by atoms with Crippen molar-refractivity contribution in [1.82, 2.24) is 20.9 Å². The van der Waals surface area contributed by atoms with E-state index in [2.05, 4.69) is 30.8 Å². The summed E-state index contributed by atoms with van der Waals surface area (Å²) in [5.41, 5.74) is 15.6. The number of aliphatic imine (C=N–C) groups is 2. The molecule has 226 valence electrons. The van der Waals surface area contributed by atoms with E-state index in [1.807, 2.05) is 84.9 Å². The van der Waals surface area contributed by atoms with E-state index in [1.54, 1.807) is 0 Å². The van der Waals surface area contributed by atoms with Crippen LogP contribution >= 0.6 is 0 Å². The van der Waals surface area contributed by atoms with E-state index in [4.69, 9.17) is 16.2 Å². The summed E-state index contributed by atoms with van der Waals surface area (Å²) < 4.78 is 5.32. The van der Waals surface area contributed by atoms with Crippen molar-refractivity contribution in [3.05, 3.63) is 107 Å². The summed E-state index contributed by atoms with van der Waals surface area (Å²) >= 11 is 0. The predicted molar refractivity (Wildman–Crippen MR) is 168 cm³/mol. The number of benzene rings is 3. The smallest absolute Gasteiger partial charge is 0.328 e. The van der Waals surface area contributed by atoms with Gasteiger partial charge in [-0.15, -0.1) is 0 Å². The summed E-state index contributed by atoms with van der Waals surface area (Å²) in [6, 6.07) is 26.9. The maximum atomic E-state index is 13.3. The van der Waals surface area contributed by atoms with Gasteiger partial charge in [0.1, 0.15) is 0 Å². The van der Waals surface area contributed by atoms with Crippen LogP contribution in [0.3, 0.4) is 0 Å². The van der Waals surface area contributed by atoms with E-state index in [0.29, 0.717) is 32.7 Å². The second-order valence-corrected chi connectivity index (χ2v) is 10.2. The lowest BCUT2D eigenvalue weighted by Crippen LogP contribution is -2.48. The van der Waals surface area contributed by atoms with E-state index in [0.717, 1.165) is 41.9 Å². The minimum atomic E-state index is -0.617. The number of nitrogens with one attached hydrogen (secondary N) is 3. The first kappa shape index (κ1) is 31.2. The Morgan fingerprint density at radius 1 is 0.814 bits per heavy atom. The first-order valence-corrected chi connectivity index (χ1v) is 14.4. The van der Waals surface area contributed by atoms with Crippen LogP contribution in [-0.2, 0) is 29.0 Å². The monoisotopic (exact) mass is 584 g/mol. The zero-order valence-electron chi connectivity index (χ0n) is 24.2. The molecule has 0 aromatic heterocycles. The lowest BCUT2D eigenvalue weighted by atomic mass is 9.91. The number of hydrogen-bond acceptors (Lipinski definition) is 6. The molecule has 1 atom stereocenters. The summed E-state index contributed by atoms with van der Waals surface area (Å²) in [5, 5.41) is 8.00. The van der Waals surface area contributed by atoms with Crippen molar-refractivity contribution in [3.63, 3.8) is 0 Å². The highest BCUT2D eigenvalue weighted by Crippen LogP contribution is 2.21. The van der Waals surface area contributed by atoms with Gasteiger partial charge in [-0.05, 0) is 28.7 Å². The van der Waals surface area contributed by atoms with Gasteiger partial charge in [-0.25, -0.2) is 9.79 Å². The van der Waals surface area contributed by atoms with E-state index < -0.39 is 6.03 Å². The Hall–Kier alpha value is -4.74. The molecule has 0 bridgehead atoms. The van der Waals surface area contributed by atoms with Crippen molar-refractivity contribution >= 4 is 23.9 Å². The molecule has 1 saturated heterocycles. The largest absolute Gasteiger partial charge is 0.379 e. The molecule has 1 unspecified atom stereocenters. The Kier molecular flexibility index (Phi) is 12.1. The normalized spacial score (nSPS) is 15.0. The van der Waals surface area contributed by atoms with Crippen molar-refractivity contribution in [1.29, 1.82) is 0 Å². The Labute approximate surface area is 252 Å². The molecule has 7 N–H and O–H groups in total. The van der Waals surface area contributed by atoms with Crippen LogP contribution < -0.4 is 27.4 Å². The highest BCUT2D eigenvalue weighted by molar-refractivity contribution is 6.03. The summed E-state index contributed by atoms with van der Waals surface area (Å²) in [6.45, 7) is 4.96. The number of nitrogens with zero attached hydrogens (tertiary/aromatic N) is 3. The summed E-state index contributed by atoms with van der Waals surface area (Å²) in [5.74, 6) is -0.394. The zero-order chi connectivity index (χ0) is 30.3. The van der Waals surface area contributed by atoms with Crippen LogP contribution in [0.15, 0.2) is 94.9 Å². The maximum absolute atomic E-state index is 13.3. The quantitative estimate of drug-likeness (QED) is 0.171. The number of morpholine rings is 1. The minimum Gasteiger partial charge on any atom is -0.379 e. The van der Waals surface area contributed by atoms with E-state index >= 15 is 0 Å². The molecule has 3 aromatic carbocycles. The third-order valence-corrected chi connectivity index (χ3v) is 6.98. The second kappa shape index (κ2) is 16.6. The van der Waals surface area contributed by atoms with E-state index in [9.17, 15) is 9.59 Å². The van der Waals surface area contributed by atoms with Gasteiger partial charge in [-0.1, -0.05) is 84.9 Å². The Morgan fingerprint density at radius 2 is 1.44 bits per heavy atom. The van der Waals surface area contributed by atoms with E-state index in [-0.39, 0.29) is 30.3 Å². The summed E-state index contributed by atoms with van der Waals surface area (Å²) in [4.78, 5) is 36.2. The Bertz CT molecular complexity index is 1380. The number of nitrogens with two attached hydrogens (primary N) is 2. The molecule has 11 heteroatoms. The van der Waals surface area contributed by atoms with Crippen LogP contribution in [-0.4, -0.2) is 68.2 Å². The third-order valence-electron chi connectivity index (χ3n) is 6.98. The molecule has 0 aliphatic carbocycles. The molecule has 1 aliphatic rings. The topological polar surface area (TPSA) is 159 Å². The number of hydrogen-bond donors (Lipinski definition) is 5. The van der Waals surface area contributed by atoms with Crippen LogP contribution in [0.4, 0.5) is 4.79 Å². The third kappa shape index (κ3) is 10.9. The molecule has 1 heterocycles.